The molecule has 0 aliphatic heterocycles. The van der Waals surface area contributed by atoms with E-state index < -0.39 is 0 Å². The normalized spacial score (nSPS) is 11.3. The molecule has 0 spiro atoms. The standard InChI is InChI=1S/C26H27ClS3/c1-3-5-6-10-13-20-14-15-22(28-20)23-17-21(19-11-8-7-9-12-19)26(29-23)25-18(4-2)16-24(27)30-25/h7-9,11-12,14-17H,3-6,10,13H2,1-2H3. The largest absolute Gasteiger partial charge is 0.139 e. The fraction of sp³-hybridized carbons (Fsp3) is 0.308. The van der Waals surface area contributed by atoms with Gasteiger partial charge in [-0.05, 0) is 54.7 Å². The van der Waals surface area contributed by atoms with Gasteiger partial charge in [-0.25, -0.2) is 0 Å². The monoisotopic (exact) mass is 470 g/mol. The summed E-state index contributed by atoms with van der Waals surface area (Å²) >= 11 is 12.0. The smallest absolute Gasteiger partial charge is 0.0938 e. The molecule has 0 amide bonds. The molecule has 4 aromatic rings. The van der Waals surface area contributed by atoms with Gasteiger partial charge >= 0.3 is 0 Å². The molecule has 0 nitrogen and oxygen atoms in total. The van der Waals surface area contributed by atoms with Gasteiger partial charge in [-0.2, -0.15) is 0 Å². The molecule has 1 aromatic carbocycles. The maximum absolute atomic E-state index is 6.42. The molecule has 30 heavy (non-hydrogen) atoms. The molecule has 0 fully saturated rings. The van der Waals surface area contributed by atoms with Crippen LogP contribution in [0.3, 0.4) is 0 Å². The number of hydrogen-bond donors (Lipinski definition) is 0. The quantitative estimate of drug-likeness (QED) is 0.213. The van der Waals surface area contributed by atoms with Gasteiger partial charge in [-0.3, -0.25) is 0 Å². The van der Waals surface area contributed by atoms with E-state index in [0.717, 1.165) is 10.8 Å². The molecule has 0 radical (unpaired) electrons. The highest BCUT2D eigenvalue weighted by Gasteiger charge is 2.19. The molecular formula is C26H27ClS3. The van der Waals surface area contributed by atoms with Gasteiger partial charge in [0.05, 0.1) is 9.21 Å². The van der Waals surface area contributed by atoms with E-state index in [0.29, 0.717) is 0 Å². The molecule has 0 N–H and O–H groups in total. The van der Waals surface area contributed by atoms with Gasteiger partial charge in [0.2, 0.25) is 0 Å². The first-order chi connectivity index (χ1) is 14.7. The van der Waals surface area contributed by atoms with Gasteiger partial charge in [-0.1, -0.05) is 75.0 Å². The summed E-state index contributed by atoms with van der Waals surface area (Å²) in [4.78, 5) is 6.93. The Hall–Kier alpha value is -1.39. The number of benzene rings is 1. The van der Waals surface area contributed by atoms with E-state index in [1.807, 2.05) is 22.7 Å². The van der Waals surface area contributed by atoms with Gasteiger partial charge < -0.3 is 0 Å². The molecular weight excluding hydrogens is 444 g/mol. The van der Waals surface area contributed by atoms with Crippen LogP contribution in [-0.2, 0) is 12.8 Å². The molecule has 0 atom stereocenters. The Morgan fingerprint density at radius 3 is 2.37 bits per heavy atom. The second-order valence-electron chi connectivity index (χ2n) is 7.55. The van der Waals surface area contributed by atoms with Crippen molar-refractivity contribution < 1.29 is 0 Å². The lowest BCUT2D eigenvalue weighted by Gasteiger charge is -2.04. The summed E-state index contributed by atoms with van der Waals surface area (Å²) in [5.41, 5.74) is 3.94. The molecule has 3 heterocycles. The van der Waals surface area contributed by atoms with E-state index >= 15 is 0 Å². The highest BCUT2D eigenvalue weighted by molar-refractivity contribution is 7.27. The minimum Gasteiger partial charge on any atom is -0.139 e. The molecule has 0 unspecified atom stereocenters. The van der Waals surface area contributed by atoms with Gasteiger partial charge in [-0.15, -0.1) is 34.0 Å². The minimum absolute atomic E-state index is 0.876. The Labute approximate surface area is 197 Å². The fourth-order valence-electron chi connectivity index (χ4n) is 3.73. The summed E-state index contributed by atoms with van der Waals surface area (Å²) in [7, 11) is 0. The molecule has 4 rings (SSSR count). The van der Waals surface area contributed by atoms with Crippen molar-refractivity contribution in [2.45, 2.75) is 52.4 Å². The van der Waals surface area contributed by atoms with Gasteiger partial charge in [0.25, 0.3) is 0 Å². The highest BCUT2D eigenvalue weighted by atomic mass is 35.5. The third kappa shape index (κ3) is 4.91. The molecule has 3 aromatic heterocycles. The van der Waals surface area contributed by atoms with E-state index in [1.54, 1.807) is 11.3 Å². The number of halogens is 1. The predicted molar refractivity (Wildman–Crippen MR) is 139 cm³/mol. The number of aryl methyl sites for hydroxylation is 2. The summed E-state index contributed by atoms with van der Waals surface area (Å²) in [5, 5.41) is 0. The average molecular weight is 471 g/mol. The second kappa shape index (κ2) is 10.3. The number of thiophene rings is 3. The van der Waals surface area contributed by atoms with Crippen LogP contribution in [0.5, 0.6) is 0 Å². The molecule has 156 valence electrons. The first kappa shape index (κ1) is 21.8. The van der Waals surface area contributed by atoms with E-state index in [9.17, 15) is 0 Å². The van der Waals surface area contributed by atoms with E-state index in [1.165, 1.54) is 73.2 Å². The van der Waals surface area contributed by atoms with Crippen LogP contribution in [0, 0.1) is 0 Å². The SMILES string of the molecule is CCCCCCc1ccc(-c2cc(-c3ccccc3)c(-c3sc(Cl)cc3CC)s2)s1. The lowest BCUT2D eigenvalue weighted by molar-refractivity contribution is 0.670. The average Bonchev–Trinajstić information content (AvgIpc) is 3.49. The lowest BCUT2D eigenvalue weighted by atomic mass is 10.0. The first-order valence-corrected chi connectivity index (χ1v) is 13.6. The van der Waals surface area contributed by atoms with Crippen LogP contribution in [-0.4, -0.2) is 0 Å². The number of rotatable bonds is 9. The zero-order valence-corrected chi connectivity index (χ0v) is 20.7. The Kier molecular flexibility index (Phi) is 7.48. The third-order valence-electron chi connectivity index (χ3n) is 5.36. The summed E-state index contributed by atoms with van der Waals surface area (Å²) in [6.45, 7) is 4.48. The van der Waals surface area contributed by atoms with Crippen LogP contribution in [0.15, 0.2) is 54.6 Å². The summed E-state index contributed by atoms with van der Waals surface area (Å²) in [6, 6.07) is 19.9. The highest BCUT2D eigenvalue weighted by Crippen LogP contribution is 2.48. The van der Waals surface area contributed by atoms with Crippen LogP contribution in [0.25, 0.3) is 30.6 Å². The first-order valence-electron chi connectivity index (χ1n) is 10.8. The van der Waals surface area contributed by atoms with E-state index in [4.69, 9.17) is 11.6 Å². The summed E-state index contributed by atoms with van der Waals surface area (Å²) in [6.07, 6.45) is 7.48. The fourth-order valence-corrected chi connectivity index (χ4v) is 7.57. The van der Waals surface area contributed by atoms with Crippen molar-refractivity contribution >= 4 is 45.6 Å². The molecule has 0 saturated carbocycles. The van der Waals surface area contributed by atoms with Crippen molar-refractivity contribution in [1.29, 1.82) is 0 Å². The van der Waals surface area contributed by atoms with E-state index in [2.05, 4.69) is 68.4 Å². The predicted octanol–water partition coefficient (Wildman–Crippen LogP) is 10.2. The van der Waals surface area contributed by atoms with Crippen LogP contribution in [0.4, 0.5) is 0 Å². The topological polar surface area (TPSA) is 0 Å². The van der Waals surface area contributed by atoms with Gasteiger partial charge in [0.1, 0.15) is 0 Å². The lowest BCUT2D eigenvalue weighted by Crippen LogP contribution is -1.81. The van der Waals surface area contributed by atoms with Crippen molar-refractivity contribution in [1.82, 2.24) is 0 Å². The molecule has 0 aliphatic carbocycles. The van der Waals surface area contributed by atoms with Crippen LogP contribution >= 0.6 is 45.6 Å². The molecule has 0 saturated heterocycles. The Bertz CT molecular complexity index is 1080. The van der Waals surface area contributed by atoms with Crippen LogP contribution < -0.4 is 0 Å². The Morgan fingerprint density at radius 2 is 1.60 bits per heavy atom. The zero-order valence-electron chi connectivity index (χ0n) is 17.5. The minimum atomic E-state index is 0.876. The molecule has 4 heteroatoms. The summed E-state index contributed by atoms with van der Waals surface area (Å²) < 4.78 is 0.876. The number of unbranched alkanes of at least 4 members (excludes halogenated alkanes) is 3. The van der Waals surface area contributed by atoms with Gasteiger partial charge in [0, 0.05) is 25.1 Å². The molecule has 0 bridgehead atoms. The number of hydrogen-bond acceptors (Lipinski definition) is 3. The summed E-state index contributed by atoms with van der Waals surface area (Å²) in [5.74, 6) is 0. The van der Waals surface area contributed by atoms with Crippen molar-refractivity contribution in [3.63, 3.8) is 0 Å². The van der Waals surface area contributed by atoms with E-state index in [-0.39, 0.29) is 0 Å². The van der Waals surface area contributed by atoms with Crippen molar-refractivity contribution in [2.75, 3.05) is 0 Å². The maximum atomic E-state index is 6.42. The van der Waals surface area contributed by atoms with Gasteiger partial charge in [0.15, 0.2) is 0 Å². The van der Waals surface area contributed by atoms with Crippen LogP contribution in [0.1, 0.15) is 50.0 Å². The maximum Gasteiger partial charge on any atom is 0.0938 e. The Morgan fingerprint density at radius 1 is 0.767 bits per heavy atom. The molecule has 0 aliphatic rings. The van der Waals surface area contributed by atoms with Crippen molar-refractivity contribution in [3.05, 3.63) is 69.4 Å². The van der Waals surface area contributed by atoms with Crippen LogP contribution in [0.2, 0.25) is 4.34 Å². The van der Waals surface area contributed by atoms with Crippen molar-refractivity contribution in [3.8, 4) is 30.6 Å². The Balaban J connectivity index is 1.70. The second-order valence-corrected chi connectivity index (χ2v) is 11.5. The third-order valence-corrected chi connectivity index (χ3v) is 9.31. The zero-order chi connectivity index (χ0) is 20.9. The van der Waals surface area contributed by atoms with Crippen molar-refractivity contribution in [2.24, 2.45) is 0 Å².